The number of halogens is 1. The monoisotopic (exact) mass is 345 g/mol. The van der Waals surface area contributed by atoms with Crippen LogP contribution in [0.2, 0.25) is 0 Å². The molecule has 0 aliphatic carbocycles. The average molecular weight is 345 g/mol. The van der Waals surface area contributed by atoms with Crippen molar-refractivity contribution in [3.05, 3.63) is 0 Å². The van der Waals surface area contributed by atoms with Crippen LogP contribution in [0, 0.1) is 0 Å². The van der Waals surface area contributed by atoms with Gasteiger partial charge in [0.25, 0.3) is 0 Å². The zero-order chi connectivity index (χ0) is 10.7. The topological polar surface area (TPSA) is 54.3 Å². The van der Waals surface area contributed by atoms with Crippen molar-refractivity contribution in [2.45, 2.75) is 17.9 Å². The number of nitrogens with zero attached hydrogens (tertiary/aromatic N) is 2. The molecular weight excluding hydrogens is 331 g/mol. The van der Waals surface area contributed by atoms with E-state index in [4.69, 9.17) is 9.57 Å². The molecule has 0 aromatic carbocycles. The van der Waals surface area contributed by atoms with E-state index in [0.717, 1.165) is 6.54 Å². The van der Waals surface area contributed by atoms with Crippen LogP contribution in [0.5, 0.6) is 0 Å². The van der Waals surface area contributed by atoms with Crippen LogP contribution in [-0.2, 0) is 9.57 Å². The zero-order valence-electron chi connectivity index (χ0n) is 8.43. The molecule has 88 valence electrons. The Balaban J connectivity index is 1.77. The molecule has 0 bridgehead atoms. The van der Waals surface area contributed by atoms with Crippen LogP contribution in [0.4, 0.5) is 0 Å². The van der Waals surface area contributed by atoms with Crippen molar-refractivity contribution in [2.75, 3.05) is 27.0 Å². The fourth-order valence-electron chi connectivity index (χ4n) is 1.21. The van der Waals surface area contributed by atoms with Gasteiger partial charge in [0, 0.05) is 0 Å². The summed E-state index contributed by atoms with van der Waals surface area (Å²) in [5.74, 6) is 0. The SMILES string of the molecule is CON1COCC(S[I-]C2=NC2)CC1O. The Morgan fingerprint density at radius 1 is 1.73 bits per heavy atom. The van der Waals surface area contributed by atoms with E-state index >= 15 is 0 Å². The number of aliphatic imine (C=N–C) groups is 1. The Morgan fingerprint density at radius 2 is 2.53 bits per heavy atom. The molecule has 7 heteroatoms. The summed E-state index contributed by atoms with van der Waals surface area (Å²) in [5.41, 5.74) is 0. The first-order valence-electron chi connectivity index (χ1n) is 4.70. The Hall–Kier alpha value is 0.590. The minimum absolute atomic E-state index is 0.0166. The molecule has 0 saturated carbocycles. The summed E-state index contributed by atoms with van der Waals surface area (Å²) < 4.78 is 6.81. The first-order valence-corrected chi connectivity index (χ1v) is 9.20. The summed E-state index contributed by atoms with van der Waals surface area (Å²) in [4.78, 5) is 9.17. The standard InChI is InChI=1S/C8H14IN2O3S/c1-13-11-5-14-4-6(2-8(11)12)15-9-7-3-10-7/h6,8,12H,2-5H2,1H3/q-1. The van der Waals surface area contributed by atoms with E-state index < -0.39 is 6.23 Å². The third-order valence-corrected chi connectivity index (χ3v) is 8.08. The maximum atomic E-state index is 9.79. The first-order chi connectivity index (χ1) is 7.29. The molecule has 2 unspecified atom stereocenters. The number of ether oxygens (including phenoxy) is 1. The normalized spacial score (nSPS) is 32.5. The molecule has 15 heavy (non-hydrogen) atoms. The number of hydroxylamine groups is 2. The fraction of sp³-hybridized carbons (Fsp3) is 0.875. The van der Waals surface area contributed by atoms with Crippen LogP contribution in [0.15, 0.2) is 4.99 Å². The van der Waals surface area contributed by atoms with Crippen molar-refractivity contribution in [1.29, 1.82) is 0 Å². The molecule has 5 nitrogen and oxygen atoms in total. The van der Waals surface area contributed by atoms with Crippen molar-refractivity contribution in [3.8, 4) is 0 Å². The van der Waals surface area contributed by atoms with E-state index in [9.17, 15) is 5.11 Å². The van der Waals surface area contributed by atoms with Crippen LogP contribution in [-0.4, -0.2) is 52.4 Å². The fourth-order valence-corrected chi connectivity index (χ4v) is 5.96. The molecular formula is C8H14IN2O3S-. The van der Waals surface area contributed by atoms with E-state index in [0.29, 0.717) is 25.0 Å². The average Bonchev–Trinajstić information content (AvgIpc) is 3.02. The van der Waals surface area contributed by atoms with Crippen molar-refractivity contribution in [3.63, 3.8) is 0 Å². The Labute approximate surface area is 102 Å². The number of hydrogen-bond donors (Lipinski definition) is 1. The maximum absolute atomic E-state index is 9.79. The minimum atomic E-state index is -0.555. The van der Waals surface area contributed by atoms with Gasteiger partial charge >= 0.3 is 102 Å². The predicted molar refractivity (Wildman–Crippen MR) is 54.0 cm³/mol. The second-order valence-electron chi connectivity index (χ2n) is 3.30. The molecule has 2 aliphatic heterocycles. The van der Waals surface area contributed by atoms with Crippen LogP contribution >= 0.6 is 8.93 Å². The molecule has 2 aliphatic rings. The van der Waals surface area contributed by atoms with Gasteiger partial charge in [0.2, 0.25) is 0 Å². The molecule has 2 heterocycles. The second kappa shape index (κ2) is 5.78. The van der Waals surface area contributed by atoms with Crippen molar-refractivity contribution in [1.82, 2.24) is 5.06 Å². The third kappa shape index (κ3) is 3.82. The Bertz CT molecular complexity index is 254. The number of aliphatic hydroxyl groups excluding tert-OH is 1. The molecule has 0 aromatic rings. The number of aliphatic hydroxyl groups is 1. The van der Waals surface area contributed by atoms with Gasteiger partial charge in [0.1, 0.15) is 0 Å². The van der Waals surface area contributed by atoms with Crippen LogP contribution in [0.1, 0.15) is 6.42 Å². The van der Waals surface area contributed by atoms with Crippen LogP contribution < -0.4 is 19.8 Å². The molecule has 2 atom stereocenters. The molecule has 2 rings (SSSR count). The van der Waals surface area contributed by atoms with Crippen molar-refractivity contribution >= 4 is 12.7 Å². The van der Waals surface area contributed by atoms with Gasteiger partial charge in [-0.2, -0.15) is 0 Å². The Kier molecular flexibility index (Phi) is 4.65. The van der Waals surface area contributed by atoms with Crippen molar-refractivity contribution in [2.24, 2.45) is 4.99 Å². The molecule has 0 radical (unpaired) electrons. The van der Waals surface area contributed by atoms with Gasteiger partial charge in [0.15, 0.2) is 0 Å². The second-order valence-corrected chi connectivity index (χ2v) is 8.39. The summed E-state index contributed by atoms with van der Waals surface area (Å²) in [6.45, 7) is 2.00. The van der Waals surface area contributed by atoms with Crippen LogP contribution in [0.25, 0.3) is 0 Å². The number of hydrogen-bond acceptors (Lipinski definition) is 6. The van der Waals surface area contributed by atoms with Crippen molar-refractivity contribution < 1.29 is 34.5 Å². The van der Waals surface area contributed by atoms with E-state index in [1.807, 2.05) is 8.93 Å². The van der Waals surface area contributed by atoms with Gasteiger partial charge < -0.3 is 0 Å². The molecule has 1 fully saturated rings. The number of rotatable bonds is 4. The summed E-state index contributed by atoms with van der Waals surface area (Å²) in [5, 5.41) is 11.6. The van der Waals surface area contributed by atoms with Gasteiger partial charge in [-0.3, -0.25) is 0 Å². The van der Waals surface area contributed by atoms with E-state index in [-0.39, 0.29) is 19.8 Å². The molecule has 1 N–H and O–H groups in total. The van der Waals surface area contributed by atoms with Gasteiger partial charge in [-0.15, -0.1) is 0 Å². The van der Waals surface area contributed by atoms with Crippen LogP contribution in [0.3, 0.4) is 0 Å². The summed E-state index contributed by atoms with van der Waals surface area (Å²) >= 11 is 0.0166. The van der Waals surface area contributed by atoms with Gasteiger partial charge in [-0.1, -0.05) is 0 Å². The zero-order valence-corrected chi connectivity index (χ0v) is 11.4. The summed E-state index contributed by atoms with van der Waals surface area (Å²) in [7, 11) is 3.46. The molecule has 0 amide bonds. The van der Waals surface area contributed by atoms with Gasteiger partial charge in [-0.05, 0) is 0 Å². The Morgan fingerprint density at radius 3 is 3.20 bits per heavy atom. The summed E-state index contributed by atoms with van der Waals surface area (Å²) in [6.07, 6.45) is 0.144. The summed E-state index contributed by atoms with van der Waals surface area (Å²) in [6, 6.07) is 0. The van der Waals surface area contributed by atoms with E-state index in [1.54, 1.807) is 7.11 Å². The van der Waals surface area contributed by atoms with E-state index in [2.05, 4.69) is 4.99 Å². The van der Waals surface area contributed by atoms with E-state index in [1.165, 1.54) is 8.78 Å². The predicted octanol–water partition coefficient (Wildman–Crippen LogP) is -2.94. The third-order valence-electron chi connectivity index (χ3n) is 2.10. The molecule has 0 aromatic heterocycles. The van der Waals surface area contributed by atoms with Gasteiger partial charge in [0.05, 0.1) is 0 Å². The van der Waals surface area contributed by atoms with Gasteiger partial charge in [-0.25, -0.2) is 0 Å². The quantitative estimate of drug-likeness (QED) is 0.553. The first kappa shape index (κ1) is 12.1. The molecule has 1 saturated heterocycles. The molecule has 0 spiro atoms.